The summed E-state index contributed by atoms with van der Waals surface area (Å²) in [5, 5.41) is 6.36. The summed E-state index contributed by atoms with van der Waals surface area (Å²) >= 11 is 5.92. The Balaban J connectivity index is 1.25. The zero-order valence-electron chi connectivity index (χ0n) is 21.6. The number of ether oxygens (including phenoxy) is 4. The fraction of sp³-hybridized carbons (Fsp3) is 0.750. The summed E-state index contributed by atoms with van der Waals surface area (Å²) in [6, 6.07) is 6.70. The molecule has 2 amide bonds. The summed E-state index contributed by atoms with van der Waals surface area (Å²) in [7, 11) is 0. The molecule has 3 aliphatic rings. The maximum absolute atomic E-state index is 12.5. The van der Waals surface area contributed by atoms with Crippen LogP contribution in [-0.4, -0.2) is 49.6 Å². The van der Waals surface area contributed by atoms with Crippen molar-refractivity contribution in [3.05, 3.63) is 29.3 Å². The van der Waals surface area contributed by atoms with Crippen LogP contribution >= 0.6 is 11.6 Å². The first-order valence-corrected chi connectivity index (χ1v) is 14.4. The minimum Gasteiger partial charge on any atom is -0.373 e. The van der Waals surface area contributed by atoms with Gasteiger partial charge >= 0.3 is 6.03 Å². The van der Waals surface area contributed by atoms with Crippen molar-refractivity contribution >= 4 is 23.3 Å². The van der Waals surface area contributed by atoms with E-state index in [9.17, 15) is 4.79 Å². The SMILES string of the molecule is CCCCCCCCCCO[C@@H]1[C@H]2OC3(CCCCC3)O[C@H]2O[C@@H]1CNC(=O)Nc1ccc(Cl)cc1. The van der Waals surface area contributed by atoms with Gasteiger partial charge in [-0.15, -0.1) is 0 Å². The van der Waals surface area contributed by atoms with E-state index in [1.54, 1.807) is 24.3 Å². The number of rotatable bonds is 13. The second-order valence-electron chi connectivity index (χ2n) is 10.4. The van der Waals surface area contributed by atoms with Crippen LogP contribution in [0.4, 0.5) is 10.5 Å². The molecule has 1 aromatic carbocycles. The van der Waals surface area contributed by atoms with Crippen molar-refractivity contribution in [2.45, 2.75) is 121 Å². The van der Waals surface area contributed by atoms with Crippen LogP contribution in [0.5, 0.6) is 0 Å². The molecule has 0 bridgehead atoms. The highest BCUT2D eigenvalue weighted by Gasteiger charge is 2.58. The van der Waals surface area contributed by atoms with Gasteiger partial charge < -0.3 is 29.6 Å². The molecule has 0 aromatic heterocycles. The van der Waals surface area contributed by atoms with Gasteiger partial charge in [0.15, 0.2) is 12.1 Å². The second kappa shape index (κ2) is 14.0. The number of halogens is 1. The Labute approximate surface area is 220 Å². The van der Waals surface area contributed by atoms with Gasteiger partial charge in [-0.3, -0.25) is 0 Å². The lowest BCUT2D eigenvalue weighted by molar-refractivity contribution is -0.247. The average Bonchev–Trinajstić information content (AvgIpc) is 3.37. The highest BCUT2D eigenvalue weighted by Crippen LogP contribution is 2.45. The molecule has 1 aromatic rings. The molecule has 2 N–H and O–H groups in total. The average molecular weight is 523 g/mol. The predicted molar refractivity (Wildman–Crippen MR) is 141 cm³/mol. The smallest absolute Gasteiger partial charge is 0.319 e. The minimum atomic E-state index is -0.530. The van der Waals surface area contributed by atoms with Crippen LogP contribution in [0.25, 0.3) is 0 Å². The standard InChI is InChI=1S/C28H43ClN2O5/c1-2-3-4-5-6-7-8-12-19-33-24-23(20-30-27(32)31-22-15-13-21(29)14-16-22)34-26-25(24)35-28(36-26)17-10-9-11-18-28/h13-16,23-26H,2-12,17-20H2,1H3,(H2,30,31,32)/t23-,24+,25-,26-/m1/s1. The molecule has 8 heteroatoms. The Morgan fingerprint density at radius 2 is 1.69 bits per heavy atom. The summed E-state index contributed by atoms with van der Waals surface area (Å²) in [5.74, 6) is -0.530. The number of nitrogens with one attached hydrogen (secondary N) is 2. The first-order chi connectivity index (χ1) is 17.6. The van der Waals surface area contributed by atoms with Gasteiger partial charge in [0.25, 0.3) is 0 Å². The molecule has 2 saturated heterocycles. The summed E-state index contributed by atoms with van der Waals surface area (Å²) in [6.45, 7) is 3.23. The summed E-state index contributed by atoms with van der Waals surface area (Å²) in [5.41, 5.74) is 0.675. The van der Waals surface area contributed by atoms with Crippen molar-refractivity contribution in [3.8, 4) is 0 Å². The van der Waals surface area contributed by atoms with E-state index in [1.165, 1.54) is 51.4 Å². The molecule has 36 heavy (non-hydrogen) atoms. The summed E-state index contributed by atoms with van der Waals surface area (Å²) in [4.78, 5) is 12.5. The van der Waals surface area contributed by atoms with Gasteiger partial charge in [-0.1, -0.05) is 69.9 Å². The highest BCUT2D eigenvalue weighted by atomic mass is 35.5. The number of benzene rings is 1. The molecule has 0 unspecified atom stereocenters. The molecule has 1 saturated carbocycles. The van der Waals surface area contributed by atoms with E-state index in [0.29, 0.717) is 23.9 Å². The minimum absolute atomic E-state index is 0.261. The molecular weight excluding hydrogens is 480 g/mol. The predicted octanol–water partition coefficient (Wildman–Crippen LogP) is 6.79. The highest BCUT2D eigenvalue weighted by molar-refractivity contribution is 6.30. The lowest BCUT2D eigenvalue weighted by Crippen LogP contribution is -2.45. The van der Waals surface area contributed by atoms with Gasteiger partial charge in [0.05, 0.1) is 0 Å². The van der Waals surface area contributed by atoms with Crippen molar-refractivity contribution in [2.75, 3.05) is 18.5 Å². The van der Waals surface area contributed by atoms with Crippen LogP contribution in [0.15, 0.2) is 24.3 Å². The number of carbonyl (C=O) groups is 1. The number of urea groups is 1. The largest absolute Gasteiger partial charge is 0.373 e. The van der Waals surface area contributed by atoms with Gasteiger partial charge in [-0.25, -0.2) is 4.79 Å². The van der Waals surface area contributed by atoms with Crippen LogP contribution < -0.4 is 10.6 Å². The molecule has 2 aliphatic heterocycles. The van der Waals surface area contributed by atoms with Crippen LogP contribution in [0.3, 0.4) is 0 Å². The fourth-order valence-electron chi connectivity index (χ4n) is 5.45. The topological polar surface area (TPSA) is 78.1 Å². The van der Waals surface area contributed by atoms with E-state index in [-0.39, 0.29) is 24.3 Å². The van der Waals surface area contributed by atoms with E-state index in [4.69, 9.17) is 30.5 Å². The summed E-state index contributed by atoms with van der Waals surface area (Å²) < 4.78 is 25.4. The van der Waals surface area contributed by atoms with Crippen LogP contribution in [0, 0.1) is 0 Å². The number of hydrogen-bond acceptors (Lipinski definition) is 5. The third-order valence-corrected chi connectivity index (χ3v) is 7.69. The maximum Gasteiger partial charge on any atom is 0.319 e. The molecule has 3 fully saturated rings. The third kappa shape index (κ3) is 7.81. The van der Waals surface area contributed by atoms with Gasteiger partial charge in [0.1, 0.15) is 18.3 Å². The number of hydrogen-bond donors (Lipinski definition) is 2. The Bertz CT molecular complexity index is 802. The normalized spacial score (nSPS) is 26.7. The summed E-state index contributed by atoms with van der Waals surface area (Å²) in [6.07, 6.45) is 14.0. The Morgan fingerprint density at radius 1 is 1.00 bits per heavy atom. The van der Waals surface area contributed by atoms with Crippen molar-refractivity contribution in [2.24, 2.45) is 0 Å². The van der Waals surface area contributed by atoms with Gasteiger partial charge in [0, 0.05) is 36.7 Å². The molecule has 2 heterocycles. The maximum atomic E-state index is 12.5. The first-order valence-electron chi connectivity index (χ1n) is 14.0. The number of unbranched alkanes of at least 4 members (excludes halogenated alkanes) is 7. The monoisotopic (exact) mass is 522 g/mol. The molecular formula is C28H43ClN2O5. The fourth-order valence-corrected chi connectivity index (χ4v) is 5.57. The van der Waals surface area contributed by atoms with Crippen LogP contribution in [0.1, 0.15) is 90.4 Å². The Hall–Kier alpha value is -1.38. The molecule has 202 valence electrons. The van der Waals surface area contributed by atoms with Crippen LogP contribution in [-0.2, 0) is 18.9 Å². The molecule has 4 rings (SSSR count). The lowest BCUT2D eigenvalue weighted by atomic mass is 9.94. The number of carbonyl (C=O) groups excluding carboxylic acids is 1. The number of amides is 2. The van der Waals surface area contributed by atoms with E-state index in [2.05, 4.69) is 17.6 Å². The van der Waals surface area contributed by atoms with Crippen molar-refractivity contribution in [1.82, 2.24) is 5.32 Å². The molecule has 7 nitrogen and oxygen atoms in total. The Morgan fingerprint density at radius 3 is 2.42 bits per heavy atom. The first kappa shape index (κ1) is 27.6. The van der Waals surface area contributed by atoms with Gasteiger partial charge in [0.2, 0.25) is 0 Å². The lowest BCUT2D eigenvalue weighted by Gasteiger charge is -2.34. The van der Waals surface area contributed by atoms with E-state index < -0.39 is 12.1 Å². The quantitative estimate of drug-likeness (QED) is 0.279. The van der Waals surface area contributed by atoms with Gasteiger partial charge in [-0.2, -0.15) is 0 Å². The zero-order valence-corrected chi connectivity index (χ0v) is 22.4. The number of anilines is 1. The second-order valence-corrected chi connectivity index (χ2v) is 10.8. The molecule has 1 aliphatic carbocycles. The van der Waals surface area contributed by atoms with Crippen molar-refractivity contribution in [3.63, 3.8) is 0 Å². The number of fused-ring (bicyclic) bond motifs is 1. The van der Waals surface area contributed by atoms with E-state index in [1.807, 2.05) is 0 Å². The van der Waals surface area contributed by atoms with Gasteiger partial charge in [-0.05, 0) is 43.5 Å². The molecule has 0 radical (unpaired) electrons. The van der Waals surface area contributed by atoms with E-state index in [0.717, 1.165) is 32.1 Å². The Kier molecular flexibility index (Phi) is 10.7. The van der Waals surface area contributed by atoms with Crippen LogP contribution in [0.2, 0.25) is 5.02 Å². The van der Waals surface area contributed by atoms with Crippen molar-refractivity contribution < 1.29 is 23.7 Å². The molecule has 1 spiro atoms. The zero-order chi connectivity index (χ0) is 25.2. The van der Waals surface area contributed by atoms with E-state index >= 15 is 0 Å². The third-order valence-electron chi connectivity index (χ3n) is 7.44. The van der Waals surface area contributed by atoms with Crippen molar-refractivity contribution in [1.29, 1.82) is 0 Å². The molecule has 4 atom stereocenters.